The molecule has 0 aromatic heterocycles. The maximum Gasteiger partial charge on any atom is 0.129 e. The second-order valence-electron chi connectivity index (χ2n) is 4.79. The minimum atomic E-state index is -0.316. The molecular weight excluding hydrogens is 277 g/mol. The minimum Gasteiger partial charge on any atom is -0.488 e. The summed E-state index contributed by atoms with van der Waals surface area (Å²) in [4.78, 5) is 0. The van der Waals surface area contributed by atoms with Crippen molar-refractivity contribution in [2.45, 2.75) is 27.0 Å². The molecule has 0 radical (unpaired) electrons. The Morgan fingerprint density at radius 1 is 1.15 bits per heavy atom. The highest BCUT2D eigenvalue weighted by molar-refractivity contribution is 6.30. The van der Waals surface area contributed by atoms with Gasteiger partial charge in [0.25, 0.3) is 0 Å². The molecule has 20 heavy (non-hydrogen) atoms. The predicted octanol–water partition coefficient (Wildman–Crippen LogP) is 4.13. The van der Waals surface area contributed by atoms with E-state index < -0.39 is 0 Å². The number of halogens is 2. The minimum absolute atomic E-state index is 0.149. The zero-order valence-corrected chi connectivity index (χ0v) is 12.3. The highest BCUT2D eigenvalue weighted by atomic mass is 35.5. The molecule has 2 N–H and O–H groups in total. The van der Waals surface area contributed by atoms with Gasteiger partial charge in [-0.15, -0.1) is 0 Å². The van der Waals surface area contributed by atoms with Crippen LogP contribution in [0.5, 0.6) is 5.75 Å². The first kappa shape index (κ1) is 14.8. The van der Waals surface area contributed by atoms with Crippen LogP contribution in [0.3, 0.4) is 0 Å². The molecule has 0 aliphatic heterocycles. The third-order valence-corrected chi connectivity index (χ3v) is 3.37. The van der Waals surface area contributed by atoms with Gasteiger partial charge in [-0.1, -0.05) is 23.7 Å². The van der Waals surface area contributed by atoms with Crippen LogP contribution in [-0.4, -0.2) is 0 Å². The number of nitrogens with two attached hydrogens (primary N) is 1. The molecule has 0 saturated heterocycles. The van der Waals surface area contributed by atoms with E-state index in [1.807, 2.05) is 26.0 Å². The van der Waals surface area contributed by atoms with E-state index in [9.17, 15) is 4.39 Å². The fourth-order valence-corrected chi connectivity index (χ4v) is 2.38. The van der Waals surface area contributed by atoms with Crippen LogP contribution in [0, 0.1) is 19.7 Å². The zero-order chi connectivity index (χ0) is 14.7. The summed E-state index contributed by atoms with van der Waals surface area (Å²) in [6, 6.07) is 8.41. The van der Waals surface area contributed by atoms with Gasteiger partial charge in [0.1, 0.15) is 18.2 Å². The molecule has 0 saturated carbocycles. The van der Waals surface area contributed by atoms with Gasteiger partial charge in [-0.25, -0.2) is 4.39 Å². The Hall–Kier alpha value is -1.58. The van der Waals surface area contributed by atoms with E-state index in [4.69, 9.17) is 22.1 Å². The topological polar surface area (TPSA) is 35.2 Å². The van der Waals surface area contributed by atoms with Crippen molar-refractivity contribution < 1.29 is 9.13 Å². The molecule has 2 rings (SSSR count). The van der Waals surface area contributed by atoms with Crippen molar-refractivity contribution in [1.29, 1.82) is 0 Å². The molecule has 2 aromatic rings. The van der Waals surface area contributed by atoms with Gasteiger partial charge in [-0.2, -0.15) is 0 Å². The van der Waals surface area contributed by atoms with E-state index in [-0.39, 0.29) is 12.4 Å². The molecule has 106 valence electrons. The first-order chi connectivity index (χ1) is 9.51. The van der Waals surface area contributed by atoms with Gasteiger partial charge in [0.05, 0.1) is 0 Å². The third kappa shape index (κ3) is 3.30. The number of rotatable bonds is 4. The maximum absolute atomic E-state index is 13.6. The van der Waals surface area contributed by atoms with Crippen LogP contribution in [0.2, 0.25) is 5.02 Å². The lowest BCUT2D eigenvalue weighted by Crippen LogP contribution is -2.03. The summed E-state index contributed by atoms with van der Waals surface area (Å²) >= 11 is 5.86. The second-order valence-corrected chi connectivity index (χ2v) is 5.22. The summed E-state index contributed by atoms with van der Waals surface area (Å²) in [5, 5.41) is 0.497. The van der Waals surface area contributed by atoms with Gasteiger partial charge in [0.2, 0.25) is 0 Å². The molecule has 0 fully saturated rings. The first-order valence-electron chi connectivity index (χ1n) is 6.38. The third-order valence-electron chi connectivity index (χ3n) is 3.14. The lowest BCUT2D eigenvalue weighted by Gasteiger charge is -2.14. The van der Waals surface area contributed by atoms with Crippen molar-refractivity contribution >= 4 is 11.6 Å². The number of benzene rings is 2. The highest BCUT2D eigenvalue weighted by Crippen LogP contribution is 2.26. The summed E-state index contributed by atoms with van der Waals surface area (Å²) in [6.07, 6.45) is 0. The van der Waals surface area contributed by atoms with Crippen LogP contribution in [-0.2, 0) is 13.2 Å². The molecule has 0 amide bonds. The number of aryl methyl sites for hydroxylation is 2. The van der Waals surface area contributed by atoms with Crippen LogP contribution in [0.1, 0.15) is 22.3 Å². The van der Waals surface area contributed by atoms with E-state index in [1.54, 1.807) is 6.07 Å². The van der Waals surface area contributed by atoms with Crippen molar-refractivity contribution in [2.24, 2.45) is 5.73 Å². The maximum atomic E-state index is 13.6. The summed E-state index contributed by atoms with van der Waals surface area (Å²) < 4.78 is 19.4. The molecule has 0 atom stereocenters. The number of hydrogen-bond acceptors (Lipinski definition) is 2. The highest BCUT2D eigenvalue weighted by Gasteiger charge is 2.09. The van der Waals surface area contributed by atoms with Gasteiger partial charge in [0.15, 0.2) is 0 Å². The average molecular weight is 294 g/mol. The first-order valence-corrected chi connectivity index (χ1v) is 6.76. The quantitative estimate of drug-likeness (QED) is 0.920. The number of ether oxygens (including phenoxy) is 1. The van der Waals surface area contributed by atoms with Crippen molar-refractivity contribution in [3.63, 3.8) is 0 Å². The Morgan fingerprint density at radius 2 is 1.80 bits per heavy atom. The molecule has 2 aromatic carbocycles. The molecule has 4 heteroatoms. The molecule has 0 heterocycles. The molecule has 0 bridgehead atoms. The van der Waals surface area contributed by atoms with Crippen molar-refractivity contribution in [2.75, 3.05) is 0 Å². The van der Waals surface area contributed by atoms with Gasteiger partial charge in [-0.05, 0) is 48.7 Å². The Balaban J connectivity index is 2.21. The Kier molecular flexibility index (Phi) is 4.63. The predicted molar refractivity (Wildman–Crippen MR) is 79.5 cm³/mol. The van der Waals surface area contributed by atoms with Crippen LogP contribution in [0.25, 0.3) is 0 Å². The van der Waals surface area contributed by atoms with Gasteiger partial charge in [-0.3, -0.25) is 0 Å². The summed E-state index contributed by atoms with van der Waals surface area (Å²) in [5.41, 5.74) is 9.12. The van der Waals surface area contributed by atoms with E-state index >= 15 is 0 Å². The fraction of sp³-hybridized carbons (Fsp3) is 0.250. The van der Waals surface area contributed by atoms with E-state index in [2.05, 4.69) is 0 Å². The van der Waals surface area contributed by atoms with Gasteiger partial charge < -0.3 is 10.5 Å². The Morgan fingerprint density at radius 3 is 2.40 bits per heavy atom. The van der Waals surface area contributed by atoms with Crippen molar-refractivity contribution in [3.8, 4) is 5.75 Å². The standard InChI is InChI=1S/C16H17ClFNO/c1-10-5-12(8-19)6-11(2)16(10)20-9-13-7-14(17)3-4-15(13)18/h3-7H,8-9,19H2,1-2H3. The normalized spacial score (nSPS) is 10.7. The van der Waals surface area contributed by atoms with Crippen molar-refractivity contribution in [1.82, 2.24) is 0 Å². The molecule has 0 unspecified atom stereocenters. The Bertz CT molecular complexity index is 605. The molecule has 0 spiro atoms. The molecule has 2 nitrogen and oxygen atoms in total. The zero-order valence-electron chi connectivity index (χ0n) is 11.5. The second kappa shape index (κ2) is 6.25. The fourth-order valence-electron chi connectivity index (χ4n) is 2.19. The summed E-state index contributed by atoms with van der Waals surface area (Å²) in [7, 11) is 0. The van der Waals surface area contributed by atoms with Crippen LogP contribution in [0.4, 0.5) is 4.39 Å². The average Bonchev–Trinajstić information content (AvgIpc) is 2.41. The molecule has 0 aliphatic rings. The van der Waals surface area contributed by atoms with E-state index in [0.29, 0.717) is 17.1 Å². The van der Waals surface area contributed by atoms with Gasteiger partial charge >= 0.3 is 0 Å². The largest absolute Gasteiger partial charge is 0.488 e. The van der Waals surface area contributed by atoms with E-state index in [1.165, 1.54) is 12.1 Å². The number of hydrogen-bond donors (Lipinski definition) is 1. The monoisotopic (exact) mass is 293 g/mol. The van der Waals surface area contributed by atoms with Gasteiger partial charge in [0, 0.05) is 17.1 Å². The summed E-state index contributed by atoms with van der Waals surface area (Å²) in [6.45, 7) is 4.55. The van der Waals surface area contributed by atoms with Crippen LogP contribution in [0.15, 0.2) is 30.3 Å². The smallest absolute Gasteiger partial charge is 0.129 e. The van der Waals surface area contributed by atoms with Crippen LogP contribution < -0.4 is 10.5 Å². The lowest BCUT2D eigenvalue weighted by atomic mass is 10.1. The molecular formula is C16H17ClFNO. The summed E-state index contributed by atoms with van der Waals surface area (Å²) in [5.74, 6) is 0.449. The lowest BCUT2D eigenvalue weighted by molar-refractivity contribution is 0.295. The Labute approximate surface area is 123 Å². The molecule has 0 aliphatic carbocycles. The van der Waals surface area contributed by atoms with Crippen molar-refractivity contribution in [3.05, 3.63) is 63.4 Å². The van der Waals surface area contributed by atoms with Crippen LogP contribution >= 0.6 is 11.6 Å². The SMILES string of the molecule is Cc1cc(CN)cc(C)c1OCc1cc(Cl)ccc1F. The van der Waals surface area contributed by atoms with E-state index in [0.717, 1.165) is 22.4 Å².